The molecule has 1 fully saturated rings. The summed E-state index contributed by atoms with van der Waals surface area (Å²) in [6.45, 7) is 4.08. The first-order valence-electron chi connectivity index (χ1n) is 7.78. The average Bonchev–Trinajstić information content (AvgIpc) is 3.06. The van der Waals surface area contributed by atoms with Crippen LogP contribution in [0.2, 0.25) is 0 Å². The maximum Gasteiger partial charge on any atom is 0.317 e. The SMILES string of the molecule is CCNC(=O)N1CCC[C@H](c2nc(-c3ccccc3)n[nH]2)C1. The van der Waals surface area contributed by atoms with Gasteiger partial charge in [0.05, 0.1) is 0 Å². The molecule has 2 heterocycles. The summed E-state index contributed by atoms with van der Waals surface area (Å²) in [6.07, 6.45) is 2.02. The van der Waals surface area contributed by atoms with Gasteiger partial charge in [-0.15, -0.1) is 0 Å². The van der Waals surface area contributed by atoms with Crippen LogP contribution in [0.5, 0.6) is 0 Å². The summed E-state index contributed by atoms with van der Waals surface area (Å²) in [5, 5.41) is 10.2. The van der Waals surface area contributed by atoms with E-state index in [2.05, 4.69) is 20.5 Å². The van der Waals surface area contributed by atoms with Crippen molar-refractivity contribution in [3.63, 3.8) is 0 Å². The molecule has 0 bridgehead atoms. The Balaban J connectivity index is 1.72. The van der Waals surface area contributed by atoms with Crippen molar-refractivity contribution in [3.8, 4) is 11.4 Å². The fourth-order valence-electron chi connectivity index (χ4n) is 2.82. The van der Waals surface area contributed by atoms with E-state index in [0.29, 0.717) is 18.9 Å². The van der Waals surface area contributed by atoms with Crippen LogP contribution in [0.1, 0.15) is 31.5 Å². The van der Waals surface area contributed by atoms with Crippen LogP contribution in [0.25, 0.3) is 11.4 Å². The molecule has 0 unspecified atom stereocenters. The van der Waals surface area contributed by atoms with E-state index in [-0.39, 0.29) is 11.9 Å². The number of aromatic amines is 1. The molecule has 3 rings (SSSR count). The minimum Gasteiger partial charge on any atom is -0.338 e. The van der Waals surface area contributed by atoms with Crippen molar-refractivity contribution in [3.05, 3.63) is 36.2 Å². The van der Waals surface area contributed by atoms with E-state index in [1.54, 1.807) is 0 Å². The van der Waals surface area contributed by atoms with Crippen LogP contribution >= 0.6 is 0 Å². The summed E-state index contributed by atoms with van der Waals surface area (Å²) in [5.74, 6) is 1.81. The molecule has 1 atom stereocenters. The number of hydrogen-bond donors (Lipinski definition) is 2. The van der Waals surface area contributed by atoms with Gasteiger partial charge in [0.25, 0.3) is 0 Å². The van der Waals surface area contributed by atoms with Crippen molar-refractivity contribution >= 4 is 6.03 Å². The Morgan fingerprint density at radius 3 is 3.00 bits per heavy atom. The number of urea groups is 1. The van der Waals surface area contributed by atoms with Gasteiger partial charge >= 0.3 is 6.03 Å². The maximum atomic E-state index is 12.0. The molecular weight excluding hydrogens is 278 g/mol. The Labute approximate surface area is 129 Å². The zero-order chi connectivity index (χ0) is 15.4. The monoisotopic (exact) mass is 299 g/mol. The van der Waals surface area contributed by atoms with Gasteiger partial charge in [-0.3, -0.25) is 5.10 Å². The number of nitrogens with zero attached hydrogens (tertiary/aromatic N) is 3. The van der Waals surface area contributed by atoms with Gasteiger partial charge in [-0.2, -0.15) is 5.10 Å². The van der Waals surface area contributed by atoms with Gasteiger partial charge < -0.3 is 10.2 Å². The third kappa shape index (κ3) is 3.10. The van der Waals surface area contributed by atoms with Crippen LogP contribution < -0.4 is 5.32 Å². The second kappa shape index (κ2) is 6.60. The van der Waals surface area contributed by atoms with Crippen molar-refractivity contribution < 1.29 is 4.79 Å². The molecule has 0 radical (unpaired) electrons. The highest BCUT2D eigenvalue weighted by molar-refractivity contribution is 5.74. The average molecular weight is 299 g/mol. The fourth-order valence-corrected chi connectivity index (χ4v) is 2.82. The van der Waals surface area contributed by atoms with E-state index < -0.39 is 0 Å². The van der Waals surface area contributed by atoms with Crippen molar-refractivity contribution in [2.24, 2.45) is 0 Å². The number of benzene rings is 1. The molecule has 6 heteroatoms. The van der Waals surface area contributed by atoms with Crippen molar-refractivity contribution in [1.82, 2.24) is 25.4 Å². The van der Waals surface area contributed by atoms with Crippen LogP contribution in [0.3, 0.4) is 0 Å². The second-order valence-electron chi connectivity index (χ2n) is 5.53. The van der Waals surface area contributed by atoms with E-state index in [1.165, 1.54) is 0 Å². The molecule has 6 nitrogen and oxygen atoms in total. The normalized spacial score (nSPS) is 18.2. The van der Waals surface area contributed by atoms with Crippen LogP contribution in [0.4, 0.5) is 4.79 Å². The topological polar surface area (TPSA) is 73.9 Å². The summed E-state index contributed by atoms with van der Waals surface area (Å²) >= 11 is 0. The quantitative estimate of drug-likeness (QED) is 0.914. The van der Waals surface area contributed by atoms with Crippen LogP contribution in [-0.2, 0) is 0 Å². The number of amides is 2. The highest BCUT2D eigenvalue weighted by atomic mass is 16.2. The van der Waals surface area contributed by atoms with Gasteiger partial charge in [-0.05, 0) is 19.8 Å². The lowest BCUT2D eigenvalue weighted by Gasteiger charge is -2.31. The maximum absolute atomic E-state index is 12.0. The number of piperidine rings is 1. The van der Waals surface area contributed by atoms with E-state index in [9.17, 15) is 4.79 Å². The van der Waals surface area contributed by atoms with Crippen LogP contribution in [0.15, 0.2) is 30.3 Å². The Hall–Kier alpha value is -2.37. The Kier molecular flexibility index (Phi) is 4.37. The lowest BCUT2D eigenvalue weighted by atomic mass is 9.97. The molecule has 1 aliphatic heterocycles. The predicted octanol–water partition coefficient (Wildman–Crippen LogP) is 2.38. The van der Waals surface area contributed by atoms with Crippen molar-refractivity contribution in [1.29, 1.82) is 0 Å². The first kappa shape index (κ1) is 14.6. The fraction of sp³-hybridized carbons (Fsp3) is 0.438. The highest BCUT2D eigenvalue weighted by Crippen LogP contribution is 2.26. The number of nitrogens with one attached hydrogen (secondary N) is 2. The number of H-pyrrole nitrogens is 1. The molecule has 1 aromatic carbocycles. The predicted molar refractivity (Wildman–Crippen MR) is 84.4 cm³/mol. The molecule has 0 saturated carbocycles. The largest absolute Gasteiger partial charge is 0.338 e. The molecular formula is C16H21N5O. The molecule has 2 N–H and O–H groups in total. The minimum absolute atomic E-state index is 0.00926. The lowest BCUT2D eigenvalue weighted by molar-refractivity contribution is 0.179. The molecule has 1 aliphatic rings. The number of rotatable bonds is 3. The molecule has 0 spiro atoms. The van der Waals surface area contributed by atoms with Gasteiger partial charge in [0.15, 0.2) is 5.82 Å². The number of carbonyl (C=O) groups excluding carboxylic acids is 1. The summed E-state index contributed by atoms with van der Waals surface area (Å²) in [5.41, 5.74) is 1.00. The number of aromatic nitrogens is 3. The van der Waals surface area contributed by atoms with Crippen molar-refractivity contribution in [2.45, 2.75) is 25.7 Å². The van der Waals surface area contributed by atoms with Gasteiger partial charge in [-0.25, -0.2) is 9.78 Å². The molecule has 2 amide bonds. The van der Waals surface area contributed by atoms with Gasteiger partial charge in [0, 0.05) is 31.1 Å². The molecule has 22 heavy (non-hydrogen) atoms. The first-order chi connectivity index (χ1) is 10.8. The standard InChI is InChI=1S/C16H21N5O/c1-2-17-16(22)21-10-6-9-13(11-21)15-18-14(19-20-15)12-7-4-3-5-8-12/h3-5,7-8,13H,2,6,9-11H2,1H3,(H,17,22)(H,18,19,20)/t13-/m0/s1. The van der Waals surface area contributed by atoms with Crippen LogP contribution in [0, 0.1) is 0 Å². The third-order valence-corrected chi connectivity index (χ3v) is 3.96. The summed E-state index contributed by atoms with van der Waals surface area (Å²) in [7, 11) is 0. The van der Waals surface area contributed by atoms with Crippen molar-refractivity contribution in [2.75, 3.05) is 19.6 Å². The van der Waals surface area contributed by atoms with E-state index in [4.69, 9.17) is 0 Å². The molecule has 2 aromatic rings. The number of carbonyl (C=O) groups is 1. The zero-order valence-electron chi connectivity index (χ0n) is 12.7. The summed E-state index contributed by atoms with van der Waals surface area (Å²) < 4.78 is 0. The smallest absolute Gasteiger partial charge is 0.317 e. The summed E-state index contributed by atoms with van der Waals surface area (Å²) in [6, 6.07) is 9.92. The Bertz CT molecular complexity index is 624. The Morgan fingerprint density at radius 1 is 1.41 bits per heavy atom. The van der Waals surface area contributed by atoms with E-state index in [0.717, 1.165) is 30.8 Å². The third-order valence-electron chi connectivity index (χ3n) is 3.96. The Morgan fingerprint density at radius 2 is 2.23 bits per heavy atom. The highest BCUT2D eigenvalue weighted by Gasteiger charge is 2.26. The van der Waals surface area contributed by atoms with Crippen LogP contribution in [-0.4, -0.2) is 45.7 Å². The lowest BCUT2D eigenvalue weighted by Crippen LogP contribution is -2.45. The molecule has 1 saturated heterocycles. The first-order valence-corrected chi connectivity index (χ1v) is 7.78. The second-order valence-corrected chi connectivity index (χ2v) is 5.53. The van der Waals surface area contributed by atoms with E-state index in [1.807, 2.05) is 42.2 Å². The van der Waals surface area contributed by atoms with Gasteiger partial charge in [0.1, 0.15) is 5.82 Å². The number of hydrogen-bond acceptors (Lipinski definition) is 3. The molecule has 0 aliphatic carbocycles. The minimum atomic E-state index is 0.00926. The number of likely N-dealkylation sites (tertiary alicyclic amines) is 1. The van der Waals surface area contributed by atoms with Gasteiger partial charge in [0.2, 0.25) is 0 Å². The van der Waals surface area contributed by atoms with Gasteiger partial charge in [-0.1, -0.05) is 30.3 Å². The summed E-state index contributed by atoms with van der Waals surface area (Å²) in [4.78, 5) is 18.5. The molecule has 116 valence electrons. The molecule has 1 aromatic heterocycles. The zero-order valence-corrected chi connectivity index (χ0v) is 12.7. The van der Waals surface area contributed by atoms with E-state index >= 15 is 0 Å².